The summed E-state index contributed by atoms with van der Waals surface area (Å²) in [6.07, 6.45) is -0.530. The maximum absolute atomic E-state index is 10.6. The lowest BCUT2D eigenvalue weighted by Gasteiger charge is -2.05. The van der Waals surface area contributed by atoms with E-state index in [0.717, 1.165) is 0 Å². The van der Waals surface area contributed by atoms with Crippen molar-refractivity contribution in [2.75, 3.05) is 33.4 Å². The molecule has 4 N–H and O–H groups in total. The molecular weight excluding hydrogens is 202 g/mol. The normalized spacial score (nSPS) is 9.40. The molecule has 88 valence electrons. The number of carbonyl (C=O) groups excluding carboxylic acids is 2. The Morgan fingerprint density at radius 3 is 2.60 bits per heavy atom. The van der Waals surface area contributed by atoms with Gasteiger partial charge >= 0.3 is 12.2 Å². The Hall–Kier alpha value is -1.50. The van der Waals surface area contributed by atoms with Crippen molar-refractivity contribution in [2.24, 2.45) is 5.73 Å². The van der Waals surface area contributed by atoms with Crippen molar-refractivity contribution in [3.63, 3.8) is 0 Å². The molecule has 0 aromatic rings. The van der Waals surface area contributed by atoms with E-state index in [1.165, 1.54) is 7.11 Å². The molecular formula is C8H17N3O4. The maximum Gasteiger partial charge on any atom is 0.406 e. The lowest BCUT2D eigenvalue weighted by molar-refractivity contribution is 0.155. The van der Waals surface area contributed by atoms with Gasteiger partial charge in [0.1, 0.15) is 0 Å². The highest BCUT2D eigenvalue weighted by Gasteiger charge is 1.96. The SMILES string of the molecule is COC(=O)NCCNCCCOC(N)=O. The van der Waals surface area contributed by atoms with Crippen molar-refractivity contribution < 1.29 is 19.1 Å². The summed E-state index contributed by atoms with van der Waals surface area (Å²) in [6.45, 7) is 2.11. The first-order valence-corrected chi connectivity index (χ1v) is 4.61. The van der Waals surface area contributed by atoms with E-state index in [4.69, 9.17) is 5.73 Å². The van der Waals surface area contributed by atoms with Gasteiger partial charge < -0.3 is 25.8 Å². The Balaban J connectivity index is 3.05. The van der Waals surface area contributed by atoms with E-state index in [-0.39, 0.29) is 0 Å². The van der Waals surface area contributed by atoms with Gasteiger partial charge in [0, 0.05) is 13.1 Å². The van der Waals surface area contributed by atoms with Gasteiger partial charge in [-0.15, -0.1) is 0 Å². The van der Waals surface area contributed by atoms with Crippen LogP contribution in [0.4, 0.5) is 9.59 Å². The maximum atomic E-state index is 10.6. The van der Waals surface area contributed by atoms with Crippen molar-refractivity contribution in [2.45, 2.75) is 6.42 Å². The van der Waals surface area contributed by atoms with Gasteiger partial charge in [0.25, 0.3) is 0 Å². The lowest BCUT2D eigenvalue weighted by atomic mass is 10.4. The molecule has 0 radical (unpaired) electrons. The average Bonchev–Trinajstić information content (AvgIpc) is 2.21. The summed E-state index contributed by atoms with van der Waals surface area (Å²) in [5.41, 5.74) is 4.76. The molecule has 7 heteroatoms. The monoisotopic (exact) mass is 219 g/mol. The van der Waals surface area contributed by atoms with Crippen LogP contribution >= 0.6 is 0 Å². The van der Waals surface area contributed by atoms with Crippen LogP contribution in [0.5, 0.6) is 0 Å². The van der Waals surface area contributed by atoms with E-state index in [1.54, 1.807) is 0 Å². The van der Waals surface area contributed by atoms with Gasteiger partial charge in [0.05, 0.1) is 13.7 Å². The Morgan fingerprint density at radius 1 is 1.27 bits per heavy atom. The van der Waals surface area contributed by atoms with Crippen LogP contribution < -0.4 is 16.4 Å². The highest BCUT2D eigenvalue weighted by atomic mass is 16.5. The number of nitrogens with one attached hydrogen (secondary N) is 2. The molecule has 0 bridgehead atoms. The van der Waals surface area contributed by atoms with Crippen molar-refractivity contribution in [3.05, 3.63) is 0 Å². The Morgan fingerprint density at radius 2 is 2.00 bits per heavy atom. The third kappa shape index (κ3) is 10.4. The Labute approximate surface area is 88.3 Å². The minimum absolute atomic E-state index is 0.298. The second kappa shape index (κ2) is 9.07. The average molecular weight is 219 g/mol. The quantitative estimate of drug-likeness (QED) is 0.497. The number of hydrogen-bond acceptors (Lipinski definition) is 5. The summed E-state index contributed by atoms with van der Waals surface area (Å²) in [7, 11) is 1.31. The number of carbonyl (C=O) groups is 2. The van der Waals surface area contributed by atoms with Crippen LogP contribution in [-0.4, -0.2) is 45.5 Å². The van der Waals surface area contributed by atoms with Gasteiger partial charge in [-0.25, -0.2) is 9.59 Å². The molecule has 0 unspecified atom stereocenters. The van der Waals surface area contributed by atoms with E-state index in [0.29, 0.717) is 32.7 Å². The molecule has 7 nitrogen and oxygen atoms in total. The Kier molecular flexibility index (Phi) is 8.16. The first kappa shape index (κ1) is 13.5. The molecule has 0 rings (SSSR count). The number of hydrogen-bond donors (Lipinski definition) is 3. The number of nitrogens with two attached hydrogens (primary N) is 1. The summed E-state index contributed by atoms with van der Waals surface area (Å²) in [5, 5.41) is 5.55. The smallest absolute Gasteiger partial charge is 0.406 e. The summed E-state index contributed by atoms with van der Waals surface area (Å²) < 4.78 is 8.89. The van der Waals surface area contributed by atoms with Crippen molar-refractivity contribution in [1.29, 1.82) is 0 Å². The van der Waals surface area contributed by atoms with Crippen LogP contribution in [0.25, 0.3) is 0 Å². The molecule has 0 aliphatic heterocycles. The molecule has 0 heterocycles. The Bertz CT molecular complexity index is 198. The molecule has 0 aromatic heterocycles. The molecule has 15 heavy (non-hydrogen) atoms. The van der Waals surface area contributed by atoms with Crippen molar-refractivity contribution in [3.8, 4) is 0 Å². The number of methoxy groups -OCH3 is 1. The van der Waals surface area contributed by atoms with Gasteiger partial charge in [-0.3, -0.25) is 0 Å². The first-order valence-electron chi connectivity index (χ1n) is 4.61. The van der Waals surface area contributed by atoms with Gasteiger partial charge in [-0.1, -0.05) is 0 Å². The highest BCUT2D eigenvalue weighted by Crippen LogP contribution is 1.79. The molecule has 2 amide bonds. The van der Waals surface area contributed by atoms with Crippen LogP contribution in [0.15, 0.2) is 0 Å². The largest absolute Gasteiger partial charge is 0.453 e. The lowest BCUT2D eigenvalue weighted by Crippen LogP contribution is -2.32. The third-order valence-electron chi connectivity index (χ3n) is 1.50. The summed E-state index contributed by atoms with van der Waals surface area (Å²) in [4.78, 5) is 20.8. The molecule has 0 aliphatic carbocycles. The van der Waals surface area contributed by atoms with Gasteiger partial charge in [0.2, 0.25) is 0 Å². The topological polar surface area (TPSA) is 103 Å². The van der Waals surface area contributed by atoms with E-state index in [1.807, 2.05) is 0 Å². The summed E-state index contributed by atoms with van der Waals surface area (Å²) in [6, 6.07) is 0. The fraction of sp³-hybridized carbons (Fsp3) is 0.750. The van der Waals surface area contributed by atoms with E-state index in [2.05, 4.69) is 20.1 Å². The van der Waals surface area contributed by atoms with Crippen LogP contribution in [0.3, 0.4) is 0 Å². The number of amides is 2. The standard InChI is InChI=1S/C8H17N3O4/c1-14-8(13)11-5-4-10-3-2-6-15-7(9)12/h10H,2-6H2,1H3,(H2,9,12)(H,11,13). The predicted octanol–water partition coefficient (Wildman–Crippen LogP) is -0.583. The summed E-state index contributed by atoms with van der Waals surface area (Å²) >= 11 is 0. The first-order chi connectivity index (χ1) is 7.16. The van der Waals surface area contributed by atoms with Gasteiger partial charge in [-0.2, -0.15) is 0 Å². The summed E-state index contributed by atoms with van der Waals surface area (Å²) in [5.74, 6) is 0. The molecule has 0 spiro atoms. The molecule has 0 aromatic carbocycles. The third-order valence-corrected chi connectivity index (χ3v) is 1.50. The van der Waals surface area contributed by atoms with Crippen LogP contribution in [0, 0.1) is 0 Å². The van der Waals surface area contributed by atoms with Gasteiger partial charge in [-0.05, 0) is 13.0 Å². The van der Waals surface area contributed by atoms with Gasteiger partial charge in [0.15, 0.2) is 0 Å². The van der Waals surface area contributed by atoms with Crippen LogP contribution in [-0.2, 0) is 9.47 Å². The second-order valence-electron chi connectivity index (χ2n) is 2.69. The van der Waals surface area contributed by atoms with Crippen molar-refractivity contribution >= 4 is 12.2 Å². The molecule has 0 saturated heterocycles. The predicted molar refractivity (Wildman–Crippen MR) is 53.4 cm³/mol. The molecule has 0 fully saturated rings. The molecule has 0 saturated carbocycles. The van der Waals surface area contributed by atoms with E-state index < -0.39 is 12.2 Å². The van der Waals surface area contributed by atoms with E-state index in [9.17, 15) is 9.59 Å². The fourth-order valence-electron chi connectivity index (χ4n) is 0.820. The van der Waals surface area contributed by atoms with Crippen molar-refractivity contribution in [1.82, 2.24) is 10.6 Å². The fourth-order valence-corrected chi connectivity index (χ4v) is 0.820. The molecule has 0 atom stereocenters. The minimum atomic E-state index is -0.762. The second-order valence-corrected chi connectivity index (χ2v) is 2.69. The zero-order chi connectivity index (χ0) is 11.5. The minimum Gasteiger partial charge on any atom is -0.453 e. The highest BCUT2D eigenvalue weighted by molar-refractivity contribution is 5.66. The zero-order valence-electron chi connectivity index (χ0n) is 8.75. The van der Waals surface area contributed by atoms with Crippen LogP contribution in [0.2, 0.25) is 0 Å². The number of ether oxygens (including phenoxy) is 2. The van der Waals surface area contributed by atoms with Crippen LogP contribution in [0.1, 0.15) is 6.42 Å². The number of primary amides is 1. The number of rotatable bonds is 7. The number of alkyl carbamates (subject to hydrolysis) is 1. The zero-order valence-corrected chi connectivity index (χ0v) is 8.75. The molecule has 0 aliphatic rings. The van der Waals surface area contributed by atoms with E-state index >= 15 is 0 Å².